The summed E-state index contributed by atoms with van der Waals surface area (Å²) < 4.78 is 0. The lowest BCUT2D eigenvalue weighted by atomic mass is 9.67. The zero-order valence-corrected chi connectivity index (χ0v) is 11.2. The largest absolute Gasteiger partial charge is 0.350 e. The molecule has 1 saturated heterocycles. The third-order valence-electron chi connectivity index (χ3n) is 4.65. The fraction of sp³-hybridized carbons (Fsp3) is 0.600. The van der Waals surface area contributed by atoms with Gasteiger partial charge in [0.1, 0.15) is 0 Å². The first-order chi connectivity index (χ1) is 9.31. The van der Waals surface area contributed by atoms with E-state index in [0.717, 1.165) is 25.2 Å². The number of nitrogens with one attached hydrogen (secondary N) is 2. The Hall–Kier alpha value is -1.42. The number of nitrogens with zero attached hydrogens (tertiary/aromatic N) is 1. The van der Waals surface area contributed by atoms with Crippen LogP contribution in [-0.4, -0.2) is 24.0 Å². The topological polar surface area (TPSA) is 54.0 Å². The van der Waals surface area contributed by atoms with E-state index >= 15 is 0 Å². The Morgan fingerprint density at radius 3 is 3.26 bits per heavy atom. The van der Waals surface area contributed by atoms with Crippen molar-refractivity contribution in [3.63, 3.8) is 0 Å². The van der Waals surface area contributed by atoms with Crippen molar-refractivity contribution in [2.45, 2.75) is 32.2 Å². The van der Waals surface area contributed by atoms with Crippen molar-refractivity contribution in [3.05, 3.63) is 30.1 Å². The van der Waals surface area contributed by atoms with Gasteiger partial charge in [-0.25, -0.2) is 0 Å². The first kappa shape index (κ1) is 12.6. The fourth-order valence-corrected chi connectivity index (χ4v) is 3.54. The molecule has 1 aromatic heterocycles. The van der Waals surface area contributed by atoms with Gasteiger partial charge in [-0.3, -0.25) is 9.78 Å². The molecular formula is C15H21N3O. The molecule has 0 unspecified atom stereocenters. The average Bonchev–Trinajstić information content (AvgIpc) is 2.91. The van der Waals surface area contributed by atoms with Crippen molar-refractivity contribution in [2.75, 3.05) is 13.1 Å². The van der Waals surface area contributed by atoms with E-state index in [1.807, 2.05) is 18.2 Å². The van der Waals surface area contributed by atoms with E-state index in [0.29, 0.717) is 12.5 Å². The van der Waals surface area contributed by atoms with Crippen molar-refractivity contribution in [1.82, 2.24) is 15.6 Å². The summed E-state index contributed by atoms with van der Waals surface area (Å²) in [6.45, 7) is 2.37. The van der Waals surface area contributed by atoms with E-state index in [4.69, 9.17) is 0 Å². The van der Waals surface area contributed by atoms with E-state index in [2.05, 4.69) is 15.6 Å². The number of carbonyl (C=O) groups is 1. The summed E-state index contributed by atoms with van der Waals surface area (Å²) in [5.74, 6) is 0.734. The number of hydrogen-bond acceptors (Lipinski definition) is 3. The number of amides is 1. The summed E-state index contributed by atoms with van der Waals surface area (Å²) in [6.07, 6.45) is 6.42. The Bertz CT molecular complexity index is 448. The summed E-state index contributed by atoms with van der Waals surface area (Å²) in [5.41, 5.74) is 0.762. The van der Waals surface area contributed by atoms with Crippen molar-refractivity contribution in [1.29, 1.82) is 0 Å². The molecule has 4 nitrogen and oxygen atoms in total. The van der Waals surface area contributed by atoms with Crippen LogP contribution in [0.15, 0.2) is 24.4 Å². The van der Waals surface area contributed by atoms with E-state index in [1.165, 1.54) is 19.3 Å². The first-order valence-corrected chi connectivity index (χ1v) is 7.20. The molecule has 1 aromatic rings. The molecule has 0 aromatic carbocycles. The van der Waals surface area contributed by atoms with E-state index in [9.17, 15) is 4.79 Å². The van der Waals surface area contributed by atoms with Crippen LogP contribution in [0.25, 0.3) is 0 Å². The predicted octanol–water partition coefficient (Wildman–Crippen LogP) is 1.48. The minimum absolute atomic E-state index is 0.160. The van der Waals surface area contributed by atoms with Gasteiger partial charge in [0, 0.05) is 12.7 Å². The molecule has 2 atom stereocenters. The predicted molar refractivity (Wildman–Crippen MR) is 73.3 cm³/mol. The van der Waals surface area contributed by atoms with Crippen LogP contribution < -0.4 is 10.6 Å². The highest BCUT2D eigenvalue weighted by Crippen LogP contribution is 2.43. The van der Waals surface area contributed by atoms with E-state index in [1.54, 1.807) is 6.20 Å². The van der Waals surface area contributed by atoms with Crippen LogP contribution in [0.1, 0.15) is 31.4 Å². The van der Waals surface area contributed by atoms with Gasteiger partial charge < -0.3 is 10.6 Å². The van der Waals surface area contributed by atoms with Gasteiger partial charge in [-0.1, -0.05) is 18.9 Å². The maximum Gasteiger partial charge on any atom is 0.228 e. The van der Waals surface area contributed by atoms with Crippen LogP contribution in [0, 0.1) is 11.3 Å². The molecule has 102 valence electrons. The first-order valence-electron chi connectivity index (χ1n) is 7.20. The smallest absolute Gasteiger partial charge is 0.228 e. The maximum atomic E-state index is 12.6. The van der Waals surface area contributed by atoms with Crippen molar-refractivity contribution in [2.24, 2.45) is 11.3 Å². The third kappa shape index (κ3) is 2.37. The zero-order valence-electron chi connectivity index (χ0n) is 11.2. The lowest BCUT2D eigenvalue weighted by Crippen LogP contribution is -2.47. The second-order valence-corrected chi connectivity index (χ2v) is 5.73. The standard InChI is InChI=1S/C15H21N3O/c19-14(18-10-13-6-2-4-8-17-13)15-7-3-1-5-12(15)9-16-11-15/h2,4,6,8,12,16H,1,3,5,7,9-11H2,(H,18,19)/t12-,15+/m0/s1. The number of aromatic nitrogens is 1. The molecule has 1 aliphatic heterocycles. The van der Waals surface area contributed by atoms with Gasteiger partial charge in [-0.15, -0.1) is 0 Å². The van der Waals surface area contributed by atoms with Crippen LogP contribution in [-0.2, 0) is 11.3 Å². The maximum absolute atomic E-state index is 12.6. The molecule has 1 amide bonds. The Balaban J connectivity index is 1.66. The number of fused-ring (bicyclic) bond motifs is 1. The second kappa shape index (κ2) is 5.29. The molecule has 4 heteroatoms. The summed E-state index contributed by atoms with van der Waals surface area (Å²) in [5, 5.41) is 6.50. The number of rotatable bonds is 3. The normalized spacial score (nSPS) is 29.8. The molecule has 3 rings (SSSR count). The van der Waals surface area contributed by atoms with Gasteiger partial charge in [0.25, 0.3) is 0 Å². The van der Waals surface area contributed by atoms with Gasteiger partial charge >= 0.3 is 0 Å². The minimum Gasteiger partial charge on any atom is -0.350 e. The number of hydrogen-bond donors (Lipinski definition) is 2. The molecular weight excluding hydrogens is 238 g/mol. The van der Waals surface area contributed by atoms with Gasteiger partial charge in [0.05, 0.1) is 17.7 Å². The van der Waals surface area contributed by atoms with Crippen LogP contribution in [0.5, 0.6) is 0 Å². The Labute approximate surface area is 114 Å². The molecule has 1 aliphatic carbocycles. The van der Waals surface area contributed by atoms with Crippen LogP contribution in [0.4, 0.5) is 0 Å². The minimum atomic E-state index is -0.160. The molecule has 0 spiro atoms. The fourth-order valence-electron chi connectivity index (χ4n) is 3.54. The Kier molecular flexibility index (Phi) is 3.51. The van der Waals surface area contributed by atoms with Gasteiger partial charge in [0.2, 0.25) is 5.91 Å². The quantitative estimate of drug-likeness (QED) is 0.864. The lowest BCUT2D eigenvalue weighted by Gasteiger charge is -2.37. The summed E-state index contributed by atoms with van der Waals surface area (Å²) in [6, 6.07) is 5.79. The number of carbonyl (C=O) groups excluding carboxylic acids is 1. The van der Waals surface area contributed by atoms with Crippen molar-refractivity contribution in [3.8, 4) is 0 Å². The summed E-state index contributed by atoms with van der Waals surface area (Å²) >= 11 is 0. The molecule has 0 bridgehead atoms. The highest BCUT2D eigenvalue weighted by atomic mass is 16.2. The second-order valence-electron chi connectivity index (χ2n) is 5.73. The number of pyridine rings is 1. The third-order valence-corrected chi connectivity index (χ3v) is 4.65. The van der Waals surface area contributed by atoms with Gasteiger partial charge in [-0.2, -0.15) is 0 Å². The Morgan fingerprint density at radius 2 is 2.42 bits per heavy atom. The van der Waals surface area contributed by atoms with E-state index in [-0.39, 0.29) is 11.3 Å². The lowest BCUT2D eigenvalue weighted by molar-refractivity contribution is -0.134. The molecule has 2 heterocycles. The monoisotopic (exact) mass is 259 g/mol. The summed E-state index contributed by atoms with van der Waals surface area (Å²) in [7, 11) is 0. The van der Waals surface area contributed by atoms with Gasteiger partial charge in [-0.05, 0) is 37.4 Å². The van der Waals surface area contributed by atoms with Crippen LogP contribution in [0.2, 0.25) is 0 Å². The van der Waals surface area contributed by atoms with E-state index < -0.39 is 0 Å². The highest BCUT2D eigenvalue weighted by molar-refractivity contribution is 5.83. The average molecular weight is 259 g/mol. The SMILES string of the molecule is O=C(NCc1ccccn1)[C@@]12CCCC[C@H]1CNC2. The molecule has 2 aliphatic rings. The molecule has 0 radical (unpaired) electrons. The Morgan fingerprint density at radius 1 is 1.47 bits per heavy atom. The van der Waals surface area contributed by atoms with Crippen molar-refractivity contribution >= 4 is 5.91 Å². The molecule has 2 N–H and O–H groups in total. The molecule has 19 heavy (non-hydrogen) atoms. The zero-order chi connectivity index (χ0) is 13.1. The van der Waals surface area contributed by atoms with Gasteiger partial charge in [0.15, 0.2) is 0 Å². The molecule has 1 saturated carbocycles. The summed E-state index contributed by atoms with van der Waals surface area (Å²) in [4.78, 5) is 16.8. The molecule has 2 fully saturated rings. The van der Waals surface area contributed by atoms with Crippen LogP contribution >= 0.6 is 0 Å². The van der Waals surface area contributed by atoms with Crippen LogP contribution in [0.3, 0.4) is 0 Å². The van der Waals surface area contributed by atoms with Crippen molar-refractivity contribution < 1.29 is 4.79 Å². The highest BCUT2D eigenvalue weighted by Gasteiger charge is 2.49.